The summed E-state index contributed by atoms with van der Waals surface area (Å²) >= 11 is 0. The van der Waals surface area contributed by atoms with Crippen LogP contribution in [0.25, 0.3) is 22.9 Å². The van der Waals surface area contributed by atoms with Crippen molar-refractivity contribution in [3.8, 4) is 28.5 Å². The normalized spacial score (nSPS) is 14.1. The third kappa shape index (κ3) is 7.22. The Bertz CT molecular complexity index is 1290. The summed E-state index contributed by atoms with van der Waals surface area (Å²) in [7, 11) is 4.83. The van der Waals surface area contributed by atoms with Crippen molar-refractivity contribution in [1.29, 1.82) is 0 Å². The number of pyridine rings is 1. The molecule has 1 fully saturated rings. The lowest BCUT2D eigenvalue weighted by Crippen LogP contribution is -2.33. The quantitative estimate of drug-likeness (QED) is 0.221. The SMILES string of the molecule is CCCCN(CCCC)C(=O)c1ccn2nc(-c3cc(OC)c(OC)c(OC)c3)c(/C=C/CN3CCCCC3)c2c1. The first-order valence-electron chi connectivity index (χ1n) is 15.0. The van der Waals surface area contributed by atoms with Gasteiger partial charge in [0.1, 0.15) is 5.69 Å². The molecule has 8 heteroatoms. The van der Waals surface area contributed by atoms with Crippen molar-refractivity contribution in [2.45, 2.75) is 58.8 Å². The second kappa shape index (κ2) is 14.9. The molecule has 0 radical (unpaired) electrons. The molecule has 3 aromatic rings. The van der Waals surface area contributed by atoms with Crippen molar-refractivity contribution in [1.82, 2.24) is 19.4 Å². The summed E-state index contributed by atoms with van der Waals surface area (Å²) in [6.07, 6.45) is 14.2. The number of aromatic nitrogens is 2. The van der Waals surface area contributed by atoms with E-state index in [1.165, 1.54) is 19.3 Å². The third-order valence-electron chi connectivity index (χ3n) is 7.81. The molecule has 3 heterocycles. The minimum absolute atomic E-state index is 0.0770. The van der Waals surface area contributed by atoms with Gasteiger partial charge in [-0.15, -0.1) is 0 Å². The molecule has 1 saturated heterocycles. The standard InChI is InChI=1S/C33H46N4O4/c1-6-8-19-36(20-9-7-2)33(38)25-15-21-37-28(22-25)27(14-13-18-35-16-11-10-12-17-35)31(34-37)26-23-29(39-3)32(41-5)30(24-26)40-4/h13-15,21-24H,6-12,16-20H2,1-5H3/b14-13+. The number of carbonyl (C=O) groups is 1. The second-order valence-electron chi connectivity index (χ2n) is 10.7. The van der Waals surface area contributed by atoms with Crippen LogP contribution < -0.4 is 14.2 Å². The van der Waals surface area contributed by atoms with Crippen LogP contribution in [0.4, 0.5) is 0 Å². The topological polar surface area (TPSA) is 68.5 Å². The Morgan fingerprint density at radius 3 is 2.20 bits per heavy atom. The van der Waals surface area contributed by atoms with Crippen LogP contribution in [-0.4, -0.2) is 79.4 Å². The summed E-state index contributed by atoms with van der Waals surface area (Å²) in [6.45, 7) is 9.01. The van der Waals surface area contributed by atoms with E-state index in [0.29, 0.717) is 22.8 Å². The van der Waals surface area contributed by atoms with Crippen molar-refractivity contribution in [2.75, 3.05) is 54.1 Å². The fraction of sp³-hybridized carbons (Fsp3) is 0.515. The molecular formula is C33H46N4O4. The van der Waals surface area contributed by atoms with E-state index in [-0.39, 0.29) is 5.91 Å². The summed E-state index contributed by atoms with van der Waals surface area (Å²) in [4.78, 5) is 18.2. The van der Waals surface area contributed by atoms with Gasteiger partial charge < -0.3 is 19.1 Å². The smallest absolute Gasteiger partial charge is 0.253 e. The number of nitrogens with zero attached hydrogens (tertiary/aromatic N) is 4. The van der Waals surface area contributed by atoms with Gasteiger partial charge in [-0.1, -0.05) is 45.3 Å². The number of hydrogen-bond acceptors (Lipinski definition) is 6. The molecular weight excluding hydrogens is 516 g/mol. The van der Waals surface area contributed by atoms with Crippen LogP contribution in [0.5, 0.6) is 17.2 Å². The average molecular weight is 563 g/mol. The molecule has 0 aliphatic carbocycles. The molecule has 1 amide bonds. The number of unbranched alkanes of at least 4 members (excludes halogenated alkanes) is 2. The van der Waals surface area contributed by atoms with E-state index in [9.17, 15) is 4.79 Å². The van der Waals surface area contributed by atoms with Crippen molar-refractivity contribution in [3.63, 3.8) is 0 Å². The number of hydrogen-bond donors (Lipinski definition) is 0. The van der Waals surface area contributed by atoms with Crippen LogP contribution in [0.2, 0.25) is 0 Å². The highest BCUT2D eigenvalue weighted by atomic mass is 16.5. The Morgan fingerprint density at radius 2 is 1.61 bits per heavy atom. The van der Waals surface area contributed by atoms with Gasteiger partial charge in [0, 0.05) is 42.5 Å². The number of likely N-dealkylation sites (tertiary alicyclic amines) is 1. The summed E-state index contributed by atoms with van der Waals surface area (Å²) in [5.74, 6) is 1.76. The number of ether oxygens (including phenoxy) is 3. The number of amides is 1. The van der Waals surface area contributed by atoms with Crippen LogP contribution in [0, 0.1) is 0 Å². The van der Waals surface area contributed by atoms with E-state index in [0.717, 1.165) is 80.7 Å². The zero-order valence-corrected chi connectivity index (χ0v) is 25.4. The molecule has 1 aliphatic rings. The lowest BCUT2D eigenvalue weighted by molar-refractivity contribution is 0.0751. The molecule has 0 atom stereocenters. The number of methoxy groups -OCH3 is 3. The van der Waals surface area contributed by atoms with Crippen LogP contribution in [0.1, 0.15) is 74.7 Å². The average Bonchev–Trinajstić information content (AvgIpc) is 3.38. The van der Waals surface area contributed by atoms with Gasteiger partial charge in [0.15, 0.2) is 11.5 Å². The maximum atomic E-state index is 13.7. The highest BCUT2D eigenvalue weighted by Crippen LogP contribution is 2.42. The molecule has 1 aromatic carbocycles. The Labute approximate surface area is 244 Å². The van der Waals surface area contributed by atoms with Crippen molar-refractivity contribution < 1.29 is 19.0 Å². The van der Waals surface area contributed by atoms with E-state index < -0.39 is 0 Å². The van der Waals surface area contributed by atoms with Gasteiger partial charge in [-0.2, -0.15) is 5.10 Å². The number of piperidine rings is 1. The van der Waals surface area contributed by atoms with E-state index >= 15 is 0 Å². The molecule has 4 rings (SSSR count). The predicted molar refractivity (Wildman–Crippen MR) is 165 cm³/mol. The zero-order valence-electron chi connectivity index (χ0n) is 25.4. The van der Waals surface area contributed by atoms with E-state index in [1.807, 2.05) is 39.9 Å². The lowest BCUT2D eigenvalue weighted by Gasteiger charge is -2.24. The fourth-order valence-corrected chi connectivity index (χ4v) is 5.45. The van der Waals surface area contributed by atoms with Gasteiger partial charge in [-0.05, 0) is 63.0 Å². The highest BCUT2D eigenvalue weighted by molar-refractivity contribution is 5.96. The number of rotatable bonds is 14. The minimum Gasteiger partial charge on any atom is -0.493 e. The van der Waals surface area contributed by atoms with Gasteiger partial charge in [0.2, 0.25) is 5.75 Å². The molecule has 0 saturated carbocycles. The minimum atomic E-state index is 0.0770. The Morgan fingerprint density at radius 1 is 0.951 bits per heavy atom. The first-order valence-corrected chi connectivity index (χ1v) is 15.0. The Balaban J connectivity index is 1.79. The summed E-state index contributed by atoms with van der Waals surface area (Å²) < 4.78 is 18.7. The molecule has 1 aliphatic heterocycles. The number of benzene rings is 1. The molecule has 0 unspecified atom stereocenters. The lowest BCUT2D eigenvalue weighted by atomic mass is 10.0. The molecule has 2 aromatic heterocycles. The first kappa shape index (κ1) is 30.4. The maximum absolute atomic E-state index is 13.7. The van der Waals surface area contributed by atoms with Crippen molar-refractivity contribution >= 4 is 17.5 Å². The third-order valence-corrected chi connectivity index (χ3v) is 7.81. The number of fused-ring (bicyclic) bond motifs is 1. The fourth-order valence-electron chi connectivity index (χ4n) is 5.45. The van der Waals surface area contributed by atoms with Gasteiger partial charge in [-0.25, -0.2) is 4.52 Å². The highest BCUT2D eigenvalue weighted by Gasteiger charge is 2.21. The largest absolute Gasteiger partial charge is 0.493 e. The first-order chi connectivity index (χ1) is 20.0. The van der Waals surface area contributed by atoms with Gasteiger partial charge in [-0.3, -0.25) is 9.69 Å². The summed E-state index contributed by atoms with van der Waals surface area (Å²) in [5, 5.41) is 4.97. The summed E-state index contributed by atoms with van der Waals surface area (Å²) in [5.41, 5.74) is 4.17. The molecule has 0 bridgehead atoms. The molecule has 0 spiro atoms. The molecule has 8 nitrogen and oxygen atoms in total. The predicted octanol–water partition coefficient (Wildman–Crippen LogP) is 6.57. The summed E-state index contributed by atoms with van der Waals surface area (Å²) in [6, 6.07) is 7.72. The van der Waals surface area contributed by atoms with E-state index in [2.05, 4.69) is 30.9 Å². The van der Waals surface area contributed by atoms with E-state index in [4.69, 9.17) is 19.3 Å². The maximum Gasteiger partial charge on any atom is 0.253 e. The zero-order chi connectivity index (χ0) is 29.2. The van der Waals surface area contributed by atoms with Crippen LogP contribution in [0.15, 0.2) is 36.5 Å². The van der Waals surface area contributed by atoms with Gasteiger partial charge in [0.25, 0.3) is 5.91 Å². The monoisotopic (exact) mass is 562 g/mol. The second-order valence-corrected chi connectivity index (χ2v) is 10.7. The van der Waals surface area contributed by atoms with Crippen LogP contribution in [-0.2, 0) is 0 Å². The Kier molecular flexibility index (Phi) is 11.1. The molecule has 0 N–H and O–H groups in total. The van der Waals surface area contributed by atoms with Crippen LogP contribution in [0.3, 0.4) is 0 Å². The Hall–Kier alpha value is -3.52. The van der Waals surface area contributed by atoms with Crippen molar-refractivity contribution in [3.05, 3.63) is 47.7 Å². The van der Waals surface area contributed by atoms with Gasteiger partial charge in [0.05, 0.1) is 26.8 Å². The number of carbonyl (C=O) groups excluding carboxylic acids is 1. The molecule has 222 valence electrons. The van der Waals surface area contributed by atoms with Gasteiger partial charge >= 0.3 is 0 Å². The molecule has 41 heavy (non-hydrogen) atoms. The van der Waals surface area contributed by atoms with Crippen LogP contribution >= 0.6 is 0 Å². The van der Waals surface area contributed by atoms with E-state index in [1.54, 1.807) is 21.3 Å². The van der Waals surface area contributed by atoms with Crippen molar-refractivity contribution in [2.24, 2.45) is 0 Å².